The summed E-state index contributed by atoms with van der Waals surface area (Å²) in [5.41, 5.74) is 5.05. The number of carbonyl (C=O) groups is 1. The second-order valence-corrected chi connectivity index (χ2v) is 5.53. The van der Waals surface area contributed by atoms with Gasteiger partial charge in [-0.05, 0) is 32.9 Å². The standard InChI is InChI=1S/C13H18F3N3O2/c1-12(2,3)21-11(20)19-10(13(14,15)16)7-9-6-8(17)4-5-18-9/h4-6,10H,7H2,1-3H3,(H2,17,18)(H,19,20). The molecule has 5 nitrogen and oxygen atoms in total. The summed E-state index contributed by atoms with van der Waals surface area (Å²) in [4.78, 5) is 15.3. The number of nitrogens with zero attached hydrogens (tertiary/aromatic N) is 1. The van der Waals surface area contributed by atoms with Gasteiger partial charge in [0.05, 0.1) is 0 Å². The smallest absolute Gasteiger partial charge is 0.409 e. The van der Waals surface area contributed by atoms with Gasteiger partial charge in [0.15, 0.2) is 0 Å². The highest BCUT2D eigenvalue weighted by molar-refractivity contribution is 5.68. The molecule has 118 valence electrons. The van der Waals surface area contributed by atoms with E-state index in [1.807, 2.05) is 5.32 Å². The maximum absolute atomic E-state index is 13.0. The Labute approximate surface area is 120 Å². The summed E-state index contributed by atoms with van der Waals surface area (Å²) in [7, 11) is 0. The van der Waals surface area contributed by atoms with Crippen molar-refractivity contribution in [2.45, 2.75) is 45.0 Å². The third-order valence-electron chi connectivity index (χ3n) is 2.34. The van der Waals surface area contributed by atoms with Gasteiger partial charge in [-0.1, -0.05) is 0 Å². The molecule has 0 saturated heterocycles. The molecule has 1 amide bonds. The van der Waals surface area contributed by atoms with Crippen molar-refractivity contribution in [1.29, 1.82) is 0 Å². The van der Waals surface area contributed by atoms with Crippen molar-refractivity contribution < 1.29 is 22.7 Å². The van der Waals surface area contributed by atoms with Gasteiger partial charge in [0.25, 0.3) is 0 Å². The van der Waals surface area contributed by atoms with Gasteiger partial charge in [0, 0.05) is 24.0 Å². The highest BCUT2D eigenvalue weighted by Gasteiger charge is 2.41. The number of pyridine rings is 1. The molecule has 0 aliphatic heterocycles. The normalized spacial score (nSPS) is 13.6. The minimum absolute atomic E-state index is 0.133. The molecule has 1 aromatic rings. The number of hydrogen-bond donors (Lipinski definition) is 2. The van der Waals surface area contributed by atoms with Gasteiger partial charge in [0.2, 0.25) is 0 Å². The Morgan fingerprint density at radius 1 is 1.43 bits per heavy atom. The van der Waals surface area contributed by atoms with Gasteiger partial charge in [-0.3, -0.25) is 4.98 Å². The number of hydrogen-bond acceptors (Lipinski definition) is 4. The first-order valence-corrected chi connectivity index (χ1v) is 6.24. The van der Waals surface area contributed by atoms with Crippen LogP contribution in [0.25, 0.3) is 0 Å². The van der Waals surface area contributed by atoms with E-state index in [0.717, 1.165) is 0 Å². The number of halogens is 3. The summed E-state index contributed by atoms with van der Waals surface area (Å²) >= 11 is 0. The fourth-order valence-electron chi connectivity index (χ4n) is 1.52. The van der Waals surface area contributed by atoms with Crippen LogP contribution in [0.1, 0.15) is 26.5 Å². The van der Waals surface area contributed by atoms with E-state index < -0.39 is 30.3 Å². The van der Waals surface area contributed by atoms with Crippen molar-refractivity contribution in [3.8, 4) is 0 Å². The predicted octanol–water partition coefficient (Wildman–Crippen LogP) is 2.66. The number of amides is 1. The topological polar surface area (TPSA) is 77.2 Å². The molecule has 1 aromatic heterocycles. The number of nitrogens with two attached hydrogens (primary N) is 1. The van der Waals surface area contributed by atoms with Crippen LogP contribution < -0.4 is 11.1 Å². The summed E-state index contributed by atoms with van der Waals surface area (Å²) in [6.07, 6.45) is -4.96. The van der Waals surface area contributed by atoms with Gasteiger partial charge < -0.3 is 15.8 Å². The van der Waals surface area contributed by atoms with Crippen LogP contribution in [0.3, 0.4) is 0 Å². The van der Waals surface area contributed by atoms with Gasteiger partial charge in [0.1, 0.15) is 11.6 Å². The molecular formula is C13H18F3N3O2. The molecule has 3 N–H and O–H groups in total. The van der Waals surface area contributed by atoms with Gasteiger partial charge in [-0.2, -0.15) is 13.2 Å². The predicted molar refractivity (Wildman–Crippen MR) is 71.6 cm³/mol. The molecule has 1 atom stereocenters. The Balaban J connectivity index is 2.80. The molecule has 0 aliphatic rings. The van der Waals surface area contributed by atoms with Gasteiger partial charge in [-0.25, -0.2) is 4.79 Å². The van der Waals surface area contributed by atoms with Crippen LogP contribution in [0.2, 0.25) is 0 Å². The number of carbonyl (C=O) groups excluding carboxylic acids is 1. The lowest BCUT2D eigenvalue weighted by Gasteiger charge is -2.25. The first-order chi connectivity index (χ1) is 9.47. The Bertz CT molecular complexity index is 498. The number of alkyl halides is 3. The van der Waals surface area contributed by atoms with Crippen molar-refractivity contribution in [3.05, 3.63) is 24.0 Å². The zero-order chi connectivity index (χ0) is 16.3. The van der Waals surface area contributed by atoms with Crippen LogP contribution in [-0.2, 0) is 11.2 Å². The third kappa shape index (κ3) is 6.33. The lowest BCUT2D eigenvalue weighted by Crippen LogP contribution is -2.48. The summed E-state index contributed by atoms with van der Waals surface area (Å²) in [5, 5.41) is 1.81. The average Bonchev–Trinajstić information content (AvgIpc) is 2.24. The summed E-state index contributed by atoms with van der Waals surface area (Å²) in [6, 6.07) is 0.699. The van der Waals surface area contributed by atoms with E-state index in [2.05, 4.69) is 4.98 Å². The minimum Gasteiger partial charge on any atom is -0.444 e. The largest absolute Gasteiger partial charge is 0.444 e. The maximum atomic E-state index is 13.0. The molecule has 0 saturated carbocycles. The quantitative estimate of drug-likeness (QED) is 0.900. The van der Waals surface area contributed by atoms with Crippen molar-refractivity contribution in [3.63, 3.8) is 0 Å². The molecule has 0 bridgehead atoms. The Morgan fingerprint density at radius 3 is 2.52 bits per heavy atom. The van der Waals surface area contributed by atoms with E-state index in [1.165, 1.54) is 18.3 Å². The fourth-order valence-corrected chi connectivity index (χ4v) is 1.52. The van der Waals surface area contributed by atoms with Crippen molar-refractivity contribution in [1.82, 2.24) is 10.3 Å². The lowest BCUT2D eigenvalue weighted by atomic mass is 10.1. The van der Waals surface area contributed by atoms with Crippen LogP contribution >= 0.6 is 0 Å². The van der Waals surface area contributed by atoms with E-state index >= 15 is 0 Å². The molecule has 1 heterocycles. The van der Waals surface area contributed by atoms with Crippen molar-refractivity contribution >= 4 is 11.8 Å². The van der Waals surface area contributed by atoms with E-state index in [0.29, 0.717) is 5.69 Å². The summed E-state index contributed by atoms with van der Waals surface area (Å²) < 4.78 is 43.7. The Morgan fingerprint density at radius 2 is 2.05 bits per heavy atom. The summed E-state index contributed by atoms with van der Waals surface area (Å²) in [6.45, 7) is 4.69. The molecule has 21 heavy (non-hydrogen) atoms. The monoisotopic (exact) mass is 305 g/mol. The van der Waals surface area contributed by atoms with Crippen LogP contribution in [-0.4, -0.2) is 28.9 Å². The molecule has 0 aliphatic carbocycles. The van der Waals surface area contributed by atoms with E-state index in [9.17, 15) is 18.0 Å². The van der Waals surface area contributed by atoms with Crippen LogP contribution in [0.5, 0.6) is 0 Å². The molecule has 0 radical (unpaired) electrons. The molecule has 0 fully saturated rings. The molecule has 8 heteroatoms. The number of nitrogens with one attached hydrogen (secondary N) is 1. The van der Waals surface area contributed by atoms with Crippen molar-refractivity contribution in [2.75, 3.05) is 5.73 Å². The fraction of sp³-hybridized carbons (Fsp3) is 0.538. The first-order valence-electron chi connectivity index (χ1n) is 6.24. The number of nitrogen functional groups attached to an aromatic ring is 1. The van der Waals surface area contributed by atoms with E-state index in [1.54, 1.807) is 20.8 Å². The SMILES string of the molecule is CC(C)(C)OC(=O)NC(Cc1cc(N)ccn1)C(F)(F)F. The van der Waals surface area contributed by atoms with Crippen LogP contribution in [0.15, 0.2) is 18.3 Å². The second-order valence-electron chi connectivity index (χ2n) is 5.53. The number of aromatic nitrogens is 1. The molecule has 0 aromatic carbocycles. The first kappa shape index (κ1) is 17.1. The molecule has 1 unspecified atom stereocenters. The summed E-state index contributed by atoms with van der Waals surface area (Å²) in [5.74, 6) is 0. The maximum Gasteiger partial charge on any atom is 0.409 e. The zero-order valence-electron chi connectivity index (χ0n) is 12.0. The average molecular weight is 305 g/mol. The van der Waals surface area contributed by atoms with Gasteiger partial charge >= 0.3 is 12.3 Å². The second kappa shape index (κ2) is 6.19. The van der Waals surface area contributed by atoms with Crippen LogP contribution in [0.4, 0.5) is 23.7 Å². The molecular weight excluding hydrogens is 287 g/mol. The number of rotatable bonds is 3. The molecule has 1 rings (SSSR count). The highest BCUT2D eigenvalue weighted by atomic mass is 19.4. The van der Waals surface area contributed by atoms with Crippen molar-refractivity contribution in [2.24, 2.45) is 0 Å². The lowest BCUT2D eigenvalue weighted by molar-refractivity contribution is -0.154. The van der Waals surface area contributed by atoms with Gasteiger partial charge in [-0.15, -0.1) is 0 Å². The van der Waals surface area contributed by atoms with E-state index in [-0.39, 0.29) is 5.69 Å². The van der Waals surface area contributed by atoms with Crippen LogP contribution in [0, 0.1) is 0 Å². The molecule has 0 spiro atoms. The zero-order valence-corrected chi connectivity index (χ0v) is 12.0. The Kier molecular flexibility index (Phi) is 5.03. The Hall–Kier alpha value is -1.99. The number of alkyl carbamates (subject to hydrolysis) is 1. The third-order valence-corrected chi connectivity index (χ3v) is 2.34. The number of anilines is 1. The number of ether oxygens (including phenoxy) is 1. The van der Waals surface area contributed by atoms with E-state index in [4.69, 9.17) is 10.5 Å². The highest BCUT2D eigenvalue weighted by Crippen LogP contribution is 2.23. The minimum atomic E-state index is -4.62.